The summed E-state index contributed by atoms with van der Waals surface area (Å²) in [5.41, 5.74) is 1.54. The van der Waals surface area contributed by atoms with E-state index >= 15 is 0 Å². The highest BCUT2D eigenvalue weighted by Gasteiger charge is 2.32. The SMILES string of the molecule is CC(=O)N1CC(C(=O)NCc2ccc(Oc3ccc(F)cc3)cc2)Oc2ccccc21. The highest BCUT2D eigenvalue weighted by molar-refractivity contribution is 5.95. The number of halogens is 1. The minimum absolute atomic E-state index is 0.148. The van der Waals surface area contributed by atoms with E-state index < -0.39 is 6.10 Å². The van der Waals surface area contributed by atoms with E-state index in [4.69, 9.17) is 9.47 Å². The second kappa shape index (κ2) is 8.87. The number of para-hydroxylation sites is 2. The molecule has 1 N–H and O–H groups in total. The van der Waals surface area contributed by atoms with Gasteiger partial charge in [-0.15, -0.1) is 0 Å². The monoisotopic (exact) mass is 420 g/mol. The lowest BCUT2D eigenvalue weighted by molar-refractivity contribution is -0.128. The first-order chi connectivity index (χ1) is 15.0. The molecule has 4 rings (SSSR count). The summed E-state index contributed by atoms with van der Waals surface area (Å²) < 4.78 is 24.4. The molecule has 0 saturated carbocycles. The van der Waals surface area contributed by atoms with E-state index in [9.17, 15) is 14.0 Å². The van der Waals surface area contributed by atoms with Crippen molar-refractivity contribution in [3.8, 4) is 17.2 Å². The number of hydrogen-bond acceptors (Lipinski definition) is 4. The van der Waals surface area contributed by atoms with Crippen LogP contribution in [0.25, 0.3) is 0 Å². The van der Waals surface area contributed by atoms with E-state index in [1.54, 1.807) is 47.4 Å². The quantitative estimate of drug-likeness (QED) is 0.676. The molecule has 1 atom stereocenters. The number of nitrogens with one attached hydrogen (secondary N) is 1. The van der Waals surface area contributed by atoms with Gasteiger partial charge in [-0.05, 0) is 54.1 Å². The summed E-state index contributed by atoms with van der Waals surface area (Å²) in [5.74, 6) is 0.873. The molecule has 6 nitrogen and oxygen atoms in total. The van der Waals surface area contributed by atoms with Gasteiger partial charge in [0.05, 0.1) is 12.2 Å². The van der Waals surface area contributed by atoms with Gasteiger partial charge in [-0.1, -0.05) is 24.3 Å². The Balaban J connectivity index is 1.35. The van der Waals surface area contributed by atoms with Gasteiger partial charge in [-0.3, -0.25) is 9.59 Å². The van der Waals surface area contributed by atoms with Gasteiger partial charge in [0.25, 0.3) is 5.91 Å². The molecule has 1 unspecified atom stereocenters. The van der Waals surface area contributed by atoms with Crippen molar-refractivity contribution in [3.63, 3.8) is 0 Å². The number of benzene rings is 3. The number of carbonyl (C=O) groups is 2. The first kappa shape index (κ1) is 20.4. The van der Waals surface area contributed by atoms with Crippen molar-refractivity contribution in [2.45, 2.75) is 19.6 Å². The third-order valence-corrected chi connectivity index (χ3v) is 4.89. The van der Waals surface area contributed by atoms with Crippen molar-refractivity contribution in [3.05, 3.63) is 84.2 Å². The molecule has 0 fully saturated rings. The van der Waals surface area contributed by atoms with Crippen molar-refractivity contribution in [2.24, 2.45) is 0 Å². The molecule has 158 valence electrons. The molecule has 31 heavy (non-hydrogen) atoms. The first-order valence-corrected chi connectivity index (χ1v) is 9.83. The standard InChI is InChI=1S/C24H21FN2O4/c1-16(28)27-15-23(31-22-5-3-2-4-21(22)27)24(29)26-14-17-6-10-19(11-7-17)30-20-12-8-18(25)9-13-20/h2-13,23H,14-15H2,1H3,(H,26,29). The van der Waals surface area contributed by atoms with Crippen molar-refractivity contribution in [1.29, 1.82) is 0 Å². The maximum atomic E-state index is 13.0. The van der Waals surface area contributed by atoms with Crippen LogP contribution < -0.4 is 19.7 Å². The van der Waals surface area contributed by atoms with E-state index in [2.05, 4.69) is 5.32 Å². The van der Waals surface area contributed by atoms with E-state index in [1.165, 1.54) is 19.1 Å². The summed E-state index contributed by atoms with van der Waals surface area (Å²) in [6, 6.07) is 20.1. The molecular weight excluding hydrogens is 399 g/mol. The molecular formula is C24H21FN2O4. The lowest BCUT2D eigenvalue weighted by Gasteiger charge is -2.33. The lowest BCUT2D eigenvalue weighted by Crippen LogP contribution is -2.50. The highest BCUT2D eigenvalue weighted by Crippen LogP contribution is 2.33. The summed E-state index contributed by atoms with van der Waals surface area (Å²) in [6.07, 6.45) is -0.792. The summed E-state index contributed by atoms with van der Waals surface area (Å²) in [6.45, 7) is 1.92. The fourth-order valence-corrected chi connectivity index (χ4v) is 3.29. The van der Waals surface area contributed by atoms with Gasteiger partial charge < -0.3 is 19.7 Å². The average molecular weight is 420 g/mol. The van der Waals surface area contributed by atoms with Gasteiger partial charge in [0, 0.05) is 13.5 Å². The van der Waals surface area contributed by atoms with Gasteiger partial charge >= 0.3 is 0 Å². The van der Waals surface area contributed by atoms with Gasteiger partial charge in [-0.2, -0.15) is 0 Å². The van der Waals surface area contributed by atoms with E-state index in [1.807, 2.05) is 18.2 Å². The molecule has 0 bridgehead atoms. The van der Waals surface area contributed by atoms with Gasteiger partial charge in [-0.25, -0.2) is 4.39 Å². The molecule has 0 spiro atoms. The number of rotatable bonds is 5. The number of fused-ring (bicyclic) bond motifs is 1. The zero-order chi connectivity index (χ0) is 21.8. The molecule has 0 radical (unpaired) electrons. The number of ether oxygens (including phenoxy) is 2. The molecule has 2 amide bonds. The predicted octanol–water partition coefficient (Wildman–Crippen LogP) is 4.05. The second-order valence-corrected chi connectivity index (χ2v) is 7.12. The second-order valence-electron chi connectivity index (χ2n) is 7.12. The van der Waals surface area contributed by atoms with Crippen LogP contribution in [-0.4, -0.2) is 24.5 Å². The fourth-order valence-electron chi connectivity index (χ4n) is 3.29. The van der Waals surface area contributed by atoms with Crippen molar-refractivity contribution < 1.29 is 23.5 Å². The normalized spacial score (nSPS) is 14.9. The minimum atomic E-state index is -0.792. The first-order valence-electron chi connectivity index (χ1n) is 9.83. The molecule has 3 aromatic carbocycles. The summed E-state index contributed by atoms with van der Waals surface area (Å²) in [7, 11) is 0. The Kier molecular flexibility index (Phi) is 5.84. The third-order valence-electron chi connectivity index (χ3n) is 4.89. The lowest BCUT2D eigenvalue weighted by atomic mass is 10.1. The molecule has 3 aromatic rings. The van der Waals surface area contributed by atoms with Crippen LogP contribution in [0.3, 0.4) is 0 Å². The summed E-state index contributed by atoms with van der Waals surface area (Å²) >= 11 is 0. The third kappa shape index (κ3) is 4.83. The van der Waals surface area contributed by atoms with Crippen LogP contribution in [0.2, 0.25) is 0 Å². The zero-order valence-corrected chi connectivity index (χ0v) is 16.9. The average Bonchev–Trinajstić information content (AvgIpc) is 2.79. The summed E-state index contributed by atoms with van der Waals surface area (Å²) in [4.78, 5) is 26.2. The van der Waals surface area contributed by atoms with Gasteiger partial charge in [0.2, 0.25) is 5.91 Å². The Morgan fingerprint density at radius 2 is 1.68 bits per heavy atom. The molecule has 1 heterocycles. The van der Waals surface area contributed by atoms with Crippen LogP contribution in [-0.2, 0) is 16.1 Å². The minimum Gasteiger partial charge on any atom is -0.477 e. The Bertz CT molecular complexity index is 1080. The number of carbonyl (C=O) groups excluding carboxylic acids is 2. The van der Waals surface area contributed by atoms with E-state index in [0.29, 0.717) is 29.5 Å². The Hall–Kier alpha value is -3.87. The maximum absolute atomic E-state index is 13.0. The van der Waals surface area contributed by atoms with Crippen molar-refractivity contribution in [1.82, 2.24) is 5.32 Å². The Morgan fingerprint density at radius 1 is 1.03 bits per heavy atom. The van der Waals surface area contributed by atoms with Gasteiger partial charge in [0.1, 0.15) is 23.1 Å². The number of hydrogen-bond donors (Lipinski definition) is 1. The van der Waals surface area contributed by atoms with Crippen LogP contribution in [0.5, 0.6) is 17.2 Å². The van der Waals surface area contributed by atoms with E-state index in [-0.39, 0.29) is 24.2 Å². The predicted molar refractivity (Wildman–Crippen MR) is 114 cm³/mol. The molecule has 1 aliphatic heterocycles. The van der Waals surface area contributed by atoms with Crippen LogP contribution >= 0.6 is 0 Å². The van der Waals surface area contributed by atoms with Crippen LogP contribution in [0.1, 0.15) is 12.5 Å². The number of anilines is 1. The van der Waals surface area contributed by atoms with Crippen LogP contribution in [0.15, 0.2) is 72.8 Å². The number of amides is 2. The topological polar surface area (TPSA) is 67.9 Å². The summed E-state index contributed by atoms with van der Waals surface area (Å²) in [5, 5.41) is 2.85. The van der Waals surface area contributed by atoms with Gasteiger partial charge in [0.15, 0.2) is 6.10 Å². The zero-order valence-electron chi connectivity index (χ0n) is 16.9. The molecule has 1 aliphatic rings. The largest absolute Gasteiger partial charge is 0.477 e. The van der Waals surface area contributed by atoms with Crippen molar-refractivity contribution in [2.75, 3.05) is 11.4 Å². The number of nitrogens with zero attached hydrogens (tertiary/aromatic N) is 1. The maximum Gasteiger partial charge on any atom is 0.263 e. The van der Waals surface area contributed by atoms with E-state index in [0.717, 1.165) is 5.56 Å². The molecule has 0 saturated heterocycles. The molecule has 0 aromatic heterocycles. The van der Waals surface area contributed by atoms with Crippen LogP contribution in [0.4, 0.5) is 10.1 Å². The Labute approximate surface area is 179 Å². The highest BCUT2D eigenvalue weighted by atomic mass is 19.1. The Morgan fingerprint density at radius 3 is 2.35 bits per heavy atom. The van der Waals surface area contributed by atoms with Crippen molar-refractivity contribution >= 4 is 17.5 Å². The smallest absolute Gasteiger partial charge is 0.263 e. The fraction of sp³-hybridized carbons (Fsp3) is 0.167. The molecule has 7 heteroatoms. The molecule has 0 aliphatic carbocycles. The van der Waals surface area contributed by atoms with Crippen LogP contribution in [0, 0.1) is 5.82 Å².